The Labute approximate surface area is 159 Å². The summed E-state index contributed by atoms with van der Waals surface area (Å²) in [6.45, 7) is 4.54. The fraction of sp³-hybridized carbons (Fsp3) is 0.381. The summed E-state index contributed by atoms with van der Waals surface area (Å²) in [5, 5.41) is 9.65. The zero-order valence-electron chi connectivity index (χ0n) is 15.6. The number of piperidine rings is 1. The number of rotatable bonds is 3. The molecule has 0 bridgehead atoms. The van der Waals surface area contributed by atoms with Crippen molar-refractivity contribution in [2.24, 2.45) is 0 Å². The van der Waals surface area contributed by atoms with Gasteiger partial charge in [-0.05, 0) is 44.2 Å². The van der Waals surface area contributed by atoms with Crippen molar-refractivity contribution in [3.63, 3.8) is 0 Å². The Morgan fingerprint density at radius 1 is 1.19 bits per heavy atom. The molecule has 0 saturated carbocycles. The summed E-state index contributed by atoms with van der Waals surface area (Å²) >= 11 is 0. The number of aromatic nitrogens is 2. The molecule has 27 heavy (non-hydrogen) atoms. The Morgan fingerprint density at radius 3 is 2.41 bits per heavy atom. The normalized spacial score (nSPS) is 15.0. The highest BCUT2D eigenvalue weighted by atomic mass is 16.5. The van der Waals surface area contributed by atoms with Crippen molar-refractivity contribution < 1.29 is 14.6 Å². The van der Waals surface area contributed by atoms with Crippen LogP contribution in [0.2, 0.25) is 0 Å². The average Bonchev–Trinajstić information content (AvgIpc) is 2.67. The molecule has 1 saturated heterocycles. The highest BCUT2D eigenvalue weighted by Gasteiger charge is 2.25. The van der Waals surface area contributed by atoms with Gasteiger partial charge in [0.1, 0.15) is 11.7 Å². The van der Waals surface area contributed by atoms with E-state index in [1.54, 1.807) is 56.6 Å². The Balaban J connectivity index is 1.55. The number of carbonyl (C=O) groups is 1. The summed E-state index contributed by atoms with van der Waals surface area (Å²) in [6, 6.07) is 9.28. The smallest absolute Gasteiger partial charge is 0.316 e. The summed E-state index contributed by atoms with van der Waals surface area (Å²) in [4.78, 5) is 22.7. The topological polar surface area (TPSA) is 75.5 Å². The van der Waals surface area contributed by atoms with Crippen LogP contribution in [-0.4, -0.2) is 50.7 Å². The van der Waals surface area contributed by atoms with E-state index in [4.69, 9.17) is 4.74 Å². The van der Waals surface area contributed by atoms with Crippen molar-refractivity contribution >= 4 is 5.91 Å². The van der Waals surface area contributed by atoms with E-state index in [9.17, 15) is 9.90 Å². The number of aliphatic hydroxyl groups is 1. The van der Waals surface area contributed by atoms with Crippen molar-refractivity contribution in [2.45, 2.75) is 38.4 Å². The van der Waals surface area contributed by atoms with Gasteiger partial charge in [-0.1, -0.05) is 11.8 Å². The van der Waals surface area contributed by atoms with Crippen molar-refractivity contribution in [1.29, 1.82) is 0 Å². The van der Waals surface area contributed by atoms with E-state index < -0.39 is 5.60 Å². The highest BCUT2D eigenvalue weighted by molar-refractivity contribution is 5.94. The third-order valence-corrected chi connectivity index (χ3v) is 4.19. The van der Waals surface area contributed by atoms with Gasteiger partial charge in [-0.2, -0.15) is 0 Å². The Morgan fingerprint density at radius 2 is 1.81 bits per heavy atom. The number of hydrogen-bond acceptors (Lipinski definition) is 5. The van der Waals surface area contributed by atoms with Gasteiger partial charge in [0, 0.05) is 49.5 Å². The molecule has 2 aromatic rings. The average molecular weight is 365 g/mol. The first-order valence-corrected chi connectivity index (χ1v) is 8.99. The standard InChI is InChI=1S/C21H23N3O3/c1-21(2,26)11-8-16-4-6-17(7-5-16)19(25)24-14-9-18(10-15-24)27-20-22-12-3-13-23-20/h3-7,12-13,18,26H,9-10,14-15H2,1-2H3. The first kappa shape index (κ1) is 18.9. The van der Waals surface area contributed by atoms with Crippen molar-refractivity contribution in [1.82, 2.24) is 14.9 Å². The number of ether oxygens (including phenoxy) is 1. The molecule has 0 spiro atoms. The van der Waals surface area contributed by atoms with E-state index in [1.807, 2.05) is 4.90 Å². The predicted molar refractivity (Wildman–Crippen MR) is 101 cm³/mol. The van der Waals surface area contributed by atoms with Crippen LogP contribution in [0.25, 0.3) is 0 Å². The predicted octanol–water partition coefficient (Wildman–Crippen LogP) is 2.28. The van der Waals surface area contributed by atoms with Gasteiger partial charge in [-0.25, -0.2) is 9.97 Å². The van der Waals surface area contributed by atoms with Gasteiger partial charge in [-0.15, -0.1) is 0 Å². The van der Waals surface area contributed by atoms with Crippen molar-refractivity contribution in [2.75, 3.05) is 13.1 Å². The highest BCUT2D eigenvalue weighted by Crippen LogP contribution is 2.18. The van der Waals surface area contributed by atoms with Gasteiger partial charge in [0.25, 0.3) is 5.91 Å². The molecule has 0 atom stereocenters. The van der Waals surface area contributed by atoms with E-state index in [0.717, 1.165) is 18.4 Å². The Kier molecular flexibility index (Phi) is 5.72. The molecule has 0 unspecified atom stereocenters. The third-order valence-electron chi connectivity index (χ3n) is 4.19. The molecule has 1 N–H and O–H groups in total. The molecule has 1 aromatic heterocycles. The molecule has 6 heteroatoms. The molecule has 6 nitrogen and oxygen atoms in total. The van der Waals surface area contributed by atoms with Crippen LogP contribution in [0.4, 0.5) is 0 Å². The zero-order chi connectivity index (χ0) is 19.3. The minimum absolute atomic E-state index is 0.00593. The van der Waals surface area contributed by atoms with Crippen LogP contribution in [0.1, 0.15) is 42.6 Å². The molecular weight excluding hydrogens is 342 g/mol. The van der Waals surface area contributed by atoms with Gasteiger partial charge < -0.3 is 14.7 Å². The van der Waals surface area contributed by atoms with Crippen molar-refractivity contribution in [3.8, 4) is 17.9 Å². The van der Waals surface area contributed by atoms with E-state index >= 15 is 0 Å². The lowest BCUT2D eigenvalue weighted by Crippen LogP contribution is -2.41. The van der Waals surface area contributed by atoms with E-state index in [0.29, 0.717) is 24.7 Å². The second-order valence-corrected chi connectivity index (χ2v) is 7.03. The molecule has 2 heterocycles. The van der Waals surface area contributed by atoms with Gasteiger partial charge >= 0.3 is 6.01 Å². The van der Waals surface area contributed by atoms with Crippen LogP contribution in [0.3, 0.4) is 0 Å². The van der Waals surface area contributed by atoms with Gasteiger partial charge in [0.15, 0.2) is 0 Å². The van der Waals surface area contributed by atoms with E-state index in [2.05, 4.69) is 21.8 Å². The van der Waals surface area contributed by atoms with E-state index in [-0.39, 0.29) is 12.0 Å². The van der Waals surface area contributed by atoms with Gasteiger partial charge in [0.2, 0.25) is 0 Å². The summed E-state index contributed by atoms with van der Waals surface area (Å²) in [5.41, 5.74) is 0.365. The molecule has 3 rings (SSSR count). The maximum Gasteiger partial charge on any atom is 0.316 e. The molecule has 1 aromatic carbocycles. The summed E-state index contributed by atoms with van der Waals surface area (Å²) in [6.07, 6.45) is 4.82. The van der Waals surface area contributed by atoms with Gasteiger partial charge in [0.05, 0.1) is 0 Å². The summed E-state index contributed by atoms with van der Waals surface area (Å²) in [7, 11) is 0. The maximum atomic E-state index is 12.7. The van der Waals surface area contributed by atoms with E-state index in [1.165, 1.54) is 0 Å². The second-order valence-electron chi connectivity index (χ2n) is 7.03. The Hall–Kier alpha value is -2.91. The van der Waals surface area contributed by atoms with Crippen LogP contribution >= 0.6 is 0 Å². The fourth-order valence-electron chi connectivity index (χ4n) is 2.78. The molecule has 0 radical (unpaired) electrons. The molecule has 1 aliphatic rings. The summed E-state index contributed by atoms with van der Waals surface area (Å²) < 4.78 is 5.76. The van der Waals surface area contributed by atoms with Gasteiger partial charge in [-0.3, -0.25) is 4.79 Å². The molecule has 1 fully saturated rings. The van der Waals surface area contributed by atoms with Crippen LogP contribution < -0.4 is 4.74 Å². The largest absolute Gasteiger partial charge is 0.460 e. The number of hydrogen-bond donors (Lipinski definition) is 1. The number of carbonyl (C=O) groups excluding carboxylic acids is 1. The molecular formula is C21H23N3O3. The first-order chi connectivity index (χ1) is 12.9. The molecule has 140 valence electrons. The van der Waals surface area contributed by atoms with Crippen LogP contribution in [0.5, 0.6) is 6.01 Å². The molecule has 1 amide bonds. The van der Waals surface area contributed by atoms with Crippen molar-refractivity contribution in [3.05, 3.63) is 53.9 Å². The number of benzene rings is 1. The fourth-order valence-corrected chi connectivity index (χ4v) is 2.78. The lowest BCUT2D eigenvalue weighted by Gasteiger charge is -2.31. The third kappa shape index (κ3) is 5.53. The zero-order valence-corrected chi connectivity index (χ0v) is 15.6. The number of amides is 1. The minimum Gasteiger partial charge on any atom is -0.460 e. The molecule has 1 aliphatic heterocycles. The quantitative estimate of drug-likeness (QED) is 0.845. The Bertz CT molecular complexity index is 825. The lowest BCUT2D eigenvalue weighted by atomic mass is 10.1. The number of likely N-dealkylation sites (tertiary alicyclic amines) is 1. The SMILES string of the molecule is CC(C)(O)C#Cc1ccc(C(=O)N2CCC(Oc3ncccn3)CC2)cc1. The molecule has 0 aliphatic carbocycles. The second kappa shape index (κ2) is 8.19. The first-order valence-electron chi connectivity index (χ1n) is 8.99. The minimum atomic E-state index is -1.04. The lowest BCUT2D eigenvalue weighted by molar-refractivity contribution is 0.0578. The van der Waals surface area contributed by atoms with Crippen LogP contribution in [0, 0.1) is 11.8 Å². The van der Waals surface area contributed by atoms with Crippen LogP contribution in [-0.2, 0) is 0 Å². The summed E-state index contributed by atoms with van der Waals surface area (Å²) in [5.74, 6) is 5.67. The maximum absolute atomic E-state index is 12.7. The number of nitrogens with zero attached hydrogens (tertiary/aromatic N) is 3. The van der Waals surface area contributed by atoms with Crippen LogP contribution in [0.15, 0.2) is 42.7 Å². The monoisotopic (exact) mass is 365 g/mol.